The van der Waals surface area contributed by atoms with E-state index in [-0.39, 0.29) is 17.8 Å². The molecule has 0 unspecified atom stereocenters. The van der Waals surface area contributed by atoms with Crippen LogP contribution in [-0.4, -0.2) is 36.7 Å². The zero-order valence-corrected chi connectivity index (χ0v) is 15.8. The molecule has 1 fully saturated rings. The van der Waals surface area contributed by atoms with Crippen LogP contribution in [-0.2, 0) is 6.54 Å². The number of nitrogens with zero attached hydrogens (tertiary/aromatic N) is 1. The normalized spacial score (nSPS) is 15.4. The number of piperidine rings is 1. The molecule has 0 aromatic heterocycles. The van der Waals surface area contributed by atoms with Crippen LogP contribution in [0.3, 0.4) is 0 Å². The van der Waals surface area contributed by atoms with Crippen molar-refractivity contribution in [1.82, 2.24) is 10.2 Å². The van der Waals surface area contributed by atoms with E-state index in [1.165, 1.54) is 11.6 Å². The molecule has 5 nitrogen and oxygen atoms in total. The van der Waals surface area contributed by atoms with Gasteiger partial charge in [-0.25, -0.2) is 4.79 Å². The highest BCUT2D eigenvalue weighted by atomic mass is 19.3. The molecule has 1 saturated heterocycles. The standard InChI is InChI=1S/C21H25F2N3O2/c1-15-18(8-5-9-19(15)28-20(22)23)25-21(27)24-17-10-12-26(13-11-17)14-16-6-3-2-4-7-16/h2-9,17,20H,10-14H2,1H3,(H2,24,25,27). The van der Waals surface area contributed by atoms with Gasteiger partial charge in [-0.3, -0.25) is 4.90 Å². The van der Waals surface area contributed by atoms with Gasteiger partial charge in [-0.15, -0.1) is 0 Å². The maximum Gasteiger partial charge on any atom is 0.387 e. The number of anilines is 1. The average Bonchev–Trinajstić information content (AvgIpc) is 2.67. The minimum atomic E-state index is -2.90. The predicted molar refractivity (Wildman–Crippen MR) is 105 cm³/mol. The number of rotatable bonds is 6. The first-order chi connectivity index (χ1) is 13.5. The van der Waals surface area contributed by atoms with Crippen molar-refractivity contribution in [1.29, 1.82) is 0 Å². The molecule has 1 aliphatic rings. The maximum atomic E-state index is 12.4. The van der Waals surface area contributed by atoms with Crippen molar-refractivity contribution in [2.24, 2.45) is 0 Å². The Labute approximate surface area is 163 Å². The molecule has 7 heteroatoms. The highest BCUT2D eigenvalue weighted by molar-refractivity contribution is 5.90. The van der Waals surface area contributed by atoms with Crippen molar-refractivity contribution in [3.8, 4) is 5.75 Å². The van der Waals surface area contributed by atoms with Crippen LogP contribution < -0.4 is 15.4 Å². The number of urea groups is 1. The summed E-state index contributed by atoms with van der Waals surface area (Å²) in [7, 11) is 0. The molecule has 150 valence electrons. The van der Waals surface area contributed by atoms with Crippen molar-refractivity contribution >= 4 is 11.7 Å². The highest BCUT2D eigenvalue weighted by Gasteiger charge is 2.21. The molecule has 0 saturated carbocycles. The summed E-state index contributed by atoms with van der Waals surface area (Å²) >= 11 is 0. The topological polar surface area (TPSA) is 53.6 Å². The minimum Gasteiger partial charge on any atom is -0.434 e. The molecule has 2 N–H and O–H groups in total. The van der Waals surface area contributed by atoms with E-state index >= 15 is 0 Å². The second-order valence-corrected chi connectivity index (χ2v) is 6.94. The molecular weight excluding hydrogens is 364 g/mol. The number of carbonyl (C=O) groups is 1. The lowest BCUT2D eigenvalue weighted by atomic mass is 10.0. The summed E-state index contributed by atoms with van der Waals surface area (Å²) in [6, 6.07) is 14.8. The molecule has 1 aliphatic heterocycles. The van der Waals surface area contributed by atoms with Gasteiger partial charge in [0.25, 0.3) is 0 Å². The Kier molecular flexibility index (Phi) is 6.81. The first-order valence-electron chi connectivity index (χ1n) is 9.39. The van der Waals surface area contributed by atoms with Crippen LogP contribution in [0.15, 0.2) is 48.5 Å². The number of hydrogen-bond acceptors (Lipinski definition) is 3. The third kappa shape index (κ3) is 5.66. The first-order valence-corrected chi connectivity index (χ1v) is 9.39. The molecule has 2 aromatic rings. The minimum absolute atomic E-state index is 0.0574. The van der Waals surface area contributed by atoms with E-state index in [0.29, 0.717) is 11.3 Å². The number of hydrogen-bond donors (Lipinski definition) is 2. The summed E-state index contributed by atoms with van der Waals surface area (Å²) in [4.78, 5) is 14.7. The molecule has 2 amide bonds. The third-order valence-corrected chi connectivity index (χ3v) is 4.92. The number of ether oxygens (including phenoxy) is 1. The number of alkyl halides is 2. The molecule has 0 bridgehead atoms. The number of benzene rings is 2. The summed E-state index contributed by atoms with van der Waals surface area (Å²) in [5.41, 5.74) is 2.21. The molecule has 0 spiro atoms. The van der Waals surface area contributed by atoms with Crippen LogP contribution in [0, 0.1) is 6.92 Å². The zero-order valence-electron chi connectivity index (χ0n) is 15.8. The van der Waals surface area contributed by atoms with E-state index in [9.17, 15) is 13.6 Å². The van der Waals surface area contributed by atoms with Gasteiger partial charge in [0.15, 0.2) is 0 Å². The van der Waals surface area contributed by atoms with Gasteiger partial charge in [-0.1, -0.05) is 36.4 Å². The third-order valence-electron chi connectivity index (χ3n) is 4.92. The van der Waals surface area contributed by atoms with E-state index < -0.39 is 6.61 Å². The summed E-state index contributed by atoms with van der Waals surface area (Å²) < 4.78 is 29.4. The van der Waals surface area contributed by atoms with Crippen molar-refractivity contribution in [3.05, 3.63) is 59.7 Å². The zero-order chi connectivity index (χ0) is 19.9. The van der Waals surface area contributed by atoms with Crippen LogP contribution in [0.1, 0.15) is 24.0 Å². The predicted octanol–water partition coefficient (Wildman–Crippen LogP) is 4.38. The fourth-order valence-electron chi connectivity index (χ4n) is 3.39. The summed E-state index contributed by atoms with van der Waals surface area (Å²) in [5, 5.41) is 5.71. The molecule has 28 heavy (non-hydrogen) atoms. The van der Waals surface area contributed by atoms with Crippen LogP contribution in [0.4, 0.5) is 19.3 Å². The number of amides is 2. The Bertz CT molecular complexity index is 778. The lowest BCUT2D eigenvalue weighted by molar-refractivity contribution is -0.0502. The van der Waals surface area contributed by atoms with Crippen LogP contribution in [0.5, 0.6) is 5.75 Å². The number of halogens is 2. The molecular formula is C21H25F2N3O2. The average molecular weight is 389 g/mol. The smallest absolute Gasteiger partial charge is 0.387 e. The summed E-state index contributed by atoms with van der Waals surface area (Å²) in [6.45, 7) is 1.47. The van der Waals surface area contributed by atoms with Gasteiger partial charge in [-0.2, -0.15) is 8.78 Å². The quantitative estimate of drug-likeness (QED) is 0.771. The number of carbonyl (C=O) groups excluding carboxylic acids is 1. The SMILES string of the molecule is Cc1c(NC(=O)NC2CCN(Cc3ccccc3)CC2)cccc1OC(F)F. The van der Waals surface area contributed by atoms with E-state index in [2.05, 4.69) is 32.4 Å². The Morgan fingerprint density at radius 1 is 1.14 bits per heavy atom. The Hall–Kier alpha value is -2.67. The fourth-order valence-corrected chi connectivity index (χ4v) is 3.39. The largest absolute Gasteiger partial charge is 0.434 e. The number of likely N-dealkylation sites (tertiary alicyclic amines) is 1. The summed E-state index contributed by atoms with van der Waals surface area (Å²) in [5.74, 6) is 0.0574. The van der Waals surface area contributed by atoms with Crippen LogP contribution in [0.2, 0.25) is 0 Å². The van der Waals surface area contributed by atoms with E-state index in [1.807, 2.05) is 18.2 Å². The second-order valence-electron chi connectivity index (χ2n) is 6.94. The number of nitrogens with one attached hydrogen (secondary N) is 2. The monoisotopic (exact) mass is 389 g/mol. The molecule has 2 aromatic carbocycles. The Morgan fingerprint density at radius 3 is 2.54 bits per heavy atom. The van der Waals surface area contributed by atoms with E-state index in [1.54, 1.807) is 19.1 Å². The first kappa shape index (κ1) is 20.1. The van der Waals surface area contributed by atoms with Gasteiger partial charge in [0, 0.05) is 36.9 Å². The van der Waals surface area contributed by atoms with Crippen molar-refractivity contribution in [2.45, 2.75) is 39.0 Å². The summed E-state index contributed by atoms with van der Waals surface area (Å²) in [6.07, 6.45) is 1.74. The fraction of sp³-hybridized carbons (Fsp3) is 0.381. The van der Waals surface area contributed by atoms with Crippen LogP contribution >= 0.6 is 0 Å². The van der Waals surface area contributed by atoms with E-state index in [4.69, 9.17) is 0 Å². The molecule has 0 aliphatic carbocycles. The van der Waals surface area contributed by atoms with Gasteiger partial charge in [0.2, 0.25) is 0 Å². The Morgan fingerprint density at radius 2 is 1.86 bits per heavy atom. The highest BCUT2D eigenvalue weighted by Crippen LogP contribution is 2.26. The molecule has 0 atom stereocenters. The van der Waals surface area contributed by atoms with Gasteiger partial charge in [-0.05, 0) is 37.5 Å². The molecule has 0 radical (unpaired) electrons. The lowest BCUT2D eigenvalue weighted by Gasteiger charge is -2.32. The van der Waals surface area contributed by atoms with Gasteiger partial charge >= 0.3 is 12.6 Å². The van der Waals surface area contributed by atoms with E-state index in [0.717, 1.165) is 32.5 Å². The molecule has 1 heterocycles. The Balaban J connectivity index is 1.47. The lowest BCUT2D eigenvalue weighted by Crippen LogP contribution is -2.45. The van der Waals surface area contributed by atoms with Crippen LogP contribution in [0.25, 0.3) is 0 Å². The molecule has 3 rings (SSSR count). The van der Waals surface area contributed by atoms with Gasteiger partial charge < -0.3 is 15.4 Å². The van der Waals surface area contributed by atoms with Gasteiger partial charge in [0.05, 0.1) is 0 Å². The van der Waals surface area contributed by atoms with Gasteiger partial charge in [0.1, 0.15) is 5.75 Å². The van der Waals surface area contributed by atoms with Crippen molar-refractivity contribution < 1.29 is 18.3 Å². The van der Waals surface area contributed by atoms with Crippen molar-refractivity contribution in [2.75, 3.05) is 18.4 Å². The second kappa shape index (κ2) is 9.50. The van der Waals surface area contributed by atoms with Crippen molar-refractivity contribution in [3.63, 3.8) is 0 Å². The maximum absolute atomic E-state index is 12.4.